The zero-order chi connectivity index (χ0) is 25.0. The van der Waals surface area contributed by atoms with Crippen molar-refractivity contribution in [3.63, 3.8) is 0 Å². The van der Waals surface area contributed by atoms with Crippen LogP contribution >= 0.6 is 0 Å². The molecule has 8 nitrogen and oxygen atoms in total. The third-order valence-corrected chi connectivity index (χ3v) is 5.98. The number of H-pyrrole nitrogens is 1. The van der Waals surface area contributed by atoms with Crippen molar-refractivity contribution < 1.29 is 23.0 Å². The van der Waals surface area contributed by atoms with Crippen molar-refractivity contribution in [2.45, 2.75) is 26.1 Å². The van der Waals surface area contributed by atoms with E-state index in [-0.39, 0.29) is 35.9 Å². The van der Waals surface area contributed by atoms with E-state index in [0.717, 1.165) is 45.2 Å². The Labute approximate surface area is 201 Å². The average molecular weight is 489 g/mol. The Morgan fingerprint density at radius 3 is 2.54 bits per heavy atom. The van der Waals surface area contributed by atoms with Crippen LogP contribution in [0.2, 0.25) is 0 Å². The number of nitrogens with one attached hydrogen (secondary N) is 1. The molecule has 0 radical (unpaired) electrons. The summed E-state index contributed by atoms with van der Waals surface area (Å²) in [6, 6.07) is 7.41. The number of imidazole rings is 1. The van der Waals surface area contributed by atoms with E-state index < -0.39 is 11.7 Å². The van der Waals surface area contributed by atoms with Crippen molar-refractivity contribution in [2.24, 2.45) is 0 Å². The van der Waals surface area contributed by atoms with Gasteiger partial charge in [0.15, 0.2) is 5.69 Å². The number of piperazine rings is 1. The number of aliphatic hydroxyl groups is 1. The first kappa shape index (κ1) is 24.9. The number of halogens is 3. The fourth-order valence-electron chi connectivity index (χ4n) is 4.24. The van der Waals surface area contributed by atoms with Crippen LogP contribution in [0, 0.1) is 11.3 Å². The molecule has 11 heteroatoms. The number of nitrogens with zero attached hydrogens (tertiary/aromatic N) is 5. The maximum absolute atomic E-state index is 13.6. The number of fused-ring (bicyclic) bond motifs is 1. The van der Waals surface area contributed by atoms with Crippen LogP contribution in [0.4, 0.5) is 13.2 Å². The number of aromatic nitrogens is 3. The summed E-state index contributed by atoms with van der Waals surface area (Å²) in [5, 5.41) is 18.6. The lowest BCUT2D eigenvalue weighted by molar-refractivity contribution is -0.138. The lowest BCUT2D eigenvalue weighted by Gasteiger charge is -2.34. The van der Waals surface area contributed by atoms with Gasteiger partial charge in [-0.3, -0.25) is 4.90 Å². The van der Waals surface area contributed by atoms with E-state index in [4.69, 9.17) is 9.84 Å². The molecule has 0 atom stereocenters. The molecule has 4 rings (SSSR count). The zero-order valence-electron chi connectivity index (χ0n) is 19.4. The van der Waals surface area contributed by atoms with Crippen LogP contribution in [0.1, 0.15) is 30.4 Å². The van der Waals surface area contributed by atoms with Gasteiger partial charge >= 0.3 is 6.18 Å². The van der Waals surface area contributed by atoms with Gasteiger partial charge in [-0.05, 0) is 37.6 Å². The van der Waals surface area contributed by atoms with E-state index in [1.54, 1.807) is 13.0 Å². The Balaban J connectivity index is 1.59. The summed E-state index contributed by atoms with van der Waals surface area (Å²) in [6.07, 6.45) is -3.83. The van der Waals surface area contributed by atoms with Crippen LogP contribution < -0.4 is 4.74 Å². The van der Waals surface area contributed by atoms with Gasteiger partial charge in [-0.2, -0.15) is 18.4 Å². The normalized spacial score (nSPS) is 15.4. The quantitative estimate of drug-likeness (QED) is 0.501. The highest BCUT2D eigenvalue weighted by molar-refractivity contribution is 5.84. The van der Waals surface area contributed by atoms with E-state index in [9.17, 15) is 18.4 Å². The summed E-state index contributed by atoms with van der Waals surface area (Å²) in [4.78, 5) is 16.6. The molecule has 0 spiro atoms. The van der Waals surface area contributed by atoms with E-state index in [1.165, 1.54) is 12.1 Å². The van der Waals surface area contributed by atoms with Gasteiger partial charge in [0.05, 0.1) is 29.9 Å². The fourth-order valence-corrected chi connectivity index (χ4v) is 4.24. The number of hydrogen-bond donors (Lipinski definition) is 2. The molecule has 35 heavy (non-hydrogen) atoms. The van der Waals surface area contributed by atoms with Crippen LogP contribution in [0.15, 0.2) is 24.3 Å². The summed E-state index contributed by atoms with van der Waals surface area (Å²) in [6.45, 7) is 6.84. The molecule has 1 aromatic carbocycles. The van der Waals surface area contributed by atoms with Gasteiger partial charge in [0.1, 0.15) is 23.2 Å². The van der Waals surface area contributed by atoms with Gasteiger partial charge in [0.25, 0.3) is 0 Å². The van der Waals surface area contributed by atoms with E-state index in [1.807, 2.05) is 6.07 Å². The first-order valence-corrected chi connectivity index (χ1v) is 11.5. The Hall–Kier alpha value is -3.20. The molecule has 2 aromatic heterocycles. The highest BCUT2D eigenvalue weighted by Crippen LogP contribution is 2.39. The second-order valence-electron chi connectivity index (χ2n) is 8.38. The molecule has 0 bridgehead atoms. The first-order valence-electron chi connectivity index (χ1n) is 11.5. The number of nitriles is 1. The van der Waals surface area contributed by atoms with Gasteiger partial charge in [0, 0.05) is 44.9 Å². The highest BCUT2D eigenvalue weighted by Gasteiger charge is 2.35. The third-order valence-electron chi connectivity index (χ3n) is 5.98. The predicted octanol–water partition coefficient (Wildman–Crippen LogP) is 3.41. The van der Waals surface area contributed by atoms with E-state index >= 15 is 0 Å². The summed E-state index contributed by atoms with van der Waals surface area (Å²) in [5.41, 5.74) is 0.585. The maximum Gasteiger partial charge on any atom is 0.419 e. The van der Waals surface area contributed by atoms with Crippen molar-refractivity contribution in [3.8, 4) is 23.1 Å². The lowest BCUT2D eigenvalue weighted by atomic mass is 10.1. The number of pyridine rings is 1. The van der Waals surface area contributed by atoms with Gasteiger partial charge < -0.3 is 19.7 Å². The molecule has 0 unspecified atom stereocenters. The zero-order valence-corrected chi connectivity index (χ0v) is 19.4. The van der Waals surface area contributed by atoms with Crippen molar-refractivity contribution in [1.82, 2.24) is 24.8 Å². The van der Waals surface area contributed by atoms with Gasteiger partial charge in [0.2, 0.25) is 0 Å². The van der Waals surface area contributed by atoms with Crippen LogP contribution in [0.3, 0.4) is 0 Å². The third kappa shape index (κ3) is 5.73. The molecular weight excluding hydrogens is 461 g/mol. The second-order valence-corrected chi connectivity index (χ2v) is 8.38. The Kier molecular flexibility index (Phi) is 7.54. The van der Waals surface area contributed by atoms with E-state index in [0.29, 0.717) is 23.4 Å². The number of benzene rings is 1. The molecule has 186 valence electrons. The minimum Gasteiger partial charge on any atom is -0.493 e. The molecule has 0 amide bonds. The molecular formula is C24H27F3N6O2. The van der Waals surface area contributed by atoms with Crippen LogP contribution in [-0.4, -0.2) is 75.8 Å². The molecule has 3 aromatic rings. The predicted molar refractivity (Wildman–Crippen MR) is 124 cm³/mol. The van der Waals surface area contributed by atoms with Gasteiger partial charge in [-0.25, -0.2) is 9.97 Å². The SMILES string of the molecule is CCOc1ccc(-c2cc3[nH]c(CN4CCN(CCCO)CC4)nc3c(C#N)n2)cc1C(F)(F)F. The molecule has 1 aliphatic heterocycles. The Morgan fingerprint density at radius 2 is 1.89 bits per heavy atom. The monoisotopic (exact) mass is 488 g/mol. The van der Waals surface area contributed by atoms with Crippen LogP contribution in [0.25, 0.3) is 22.3 Å². The topological polar surface area (TPSA) is 101 Å². The standard InChI is InChI=1S/C24H27F3N6O2/c1-2-35-21-5-4-16(12-17(21)24(25,26)27)18-13-19-23(20(14-28)29-18)31-22(30-19)15-33-9-7-32(8-10-33)6-3-11-34/h4-5,12-13,34H,2-3,6-11,15H2,1H3,(H,30,31). The second kappa shape index (κ2) is 10.6. The molecule has 1 aliphatic rings. The lowest BCUT2D eigenvalue weighted by Crippen LogP contribution is -2.46. The number of hydrogen-bond acceptors (Lipinski definition) is 7. The summed E-state index contributed by atoms with van der Waals surface area (Å²) in [7, 11) is 0. The van der Waals surface area contributed by atoms with Crippen molar-refractivity contribution in [1.29, 1.82) is 5.26 Å². The average Bonchev–Trinajstić information content (AvgIpc) is 3.25. The minimum atomic E-state index is -4.59. The number of aliphatic hydroxyl groups excluding tert-OH is 1. The minimum absolute atomic E-state index is 0.0521. The van der Waals surface area contributed by atoms with Gasteiger partial charge in [-0.1, -0.05) is 0 Å². The molecule has 2 N–H and O–H groups in total. The van der Waals surface area contributed by atoms with Crippen LogP contribution in [-0.2, 0) is 12.7 Å². The van der Waals surface area contributed by atoms with Crippen molar-refractivity contribution in [3.05, 3.63) is 41.3 Å². The number of alkyl halides is 3. The molecule has 1 fully saturated rings. The van der Waals surface area contributed by atoms with E-state index in [2.05, 4.69) is 24.8 Å². The van der Waals surface area contributed by atoms with Crippen molar-refractivity contribution in [2.75, 3.05) is 45.9 Å². The van der Waals surface area contributed by atoms with Gasteiger partial charge in [-0.15, -0.1) is 0 Å². The summed E-state index contributed by atoms with van der Waals surface area (Å²) < 4.78 is 45.9. The number of rotatable bonds is 8. The molecule has 3 heterocycles. The summed E-state index contributed by atoms with van der Waals surface area (Å²) >= 11 is 0. The largest absolute Gasteiger partial charge is 0.493 e. The van der Waals surface area contributed by atoms with Crippen LogP contribution in [0.5, 0.6) is 5.75 Å². The highest BCUT2D eigenvalue weighted by atomic mass is 19.4. The summed E-state index contributed by atoms with van der Waals surface area (Å²) in [5.74, 6) is 0.424. The maximum atomic E-state index is 13.6. The first-order chi connectivity index (χ1) is 16.8. The molecule has 0 aliphatic carbocycles. The van der Waals surface area contributed by atoms with Crippen molar-refractivity contribution >= 4 is 11.0 Å². The number of aromatic amines is 1. The molecule has 1 saturated heterocycles. The molecule has 0 saturated carbocycles. The Morgan fingerprint density at radius 1 is 1.14 bits per heavy atom. The smallest absolute Gasteiger partial charge is 0.419 e. The fraction of sp³-hybridized carbons (Fsp3) is 0.458. The number of ether oxygens (including phenoxy) is 1. The Bertz CT molecular complexity index is 1210.